The number of anilines is 1. The summed E-state index contributed by atoms with van der Waals surface area (Å²) in [6.07, 6.45) is 3.32. The summed E-state index contributed by atoms with van der Waals surface area (Å²) < 4.78 is 13.0. The number of nitrogens with zero attached hydrogens (tertiary/aromatic N) is 2. The quantitative estimate of drug-likeness (QED) is 0.488. The maximum atomic E-state index is 13.0. The van der Waals surface area contributed by atoms with E-state index in [9.17, 15) is 14.0 Å². The van der Waals surface area contributed by atoms with Crippen LogP contribution in [0.15, 0.2) is 67.0 Å². The molecule has 0 spiro atoms. The summed E-state index contributed by atoms with van der Waals surface area (Å²) in [4.78, 5) is 28.8. The molecule has 2 heterocycles. The third-order valence-electron chi connectivity index (χ3n) is 4.37. The molecule has 0 aliphatic rings. The number of halogens is 1. The lowest BCUT2D eigenvalue weighted by atomic mass is 10.1. The summed E-state index contributed by atoms with van der Waals surface area (Å²) in [5, 5.41) is 13.0. The molecule has 8 heteroatoms. The Bertz CT molecular complexity index is 1170. The van der Waals surface area contributed by atoms with Crippen LogP contribution in [0.3, 0.4) is 0 Å². The van der Waals surface area contributed by atoms with Crippen LogP contribution in [-0.4, -0.2) is 27.0 Å². The third-order valence-corrected chi connectivity index (χ3v) is 4.37. The highest BCUT2D eigenvalue weighted by atomic mass is 19.1. The minimum atomic E-state index is -0.425. The lowest BCUT2D eigenvalue weighted by Gasteiger charge is -2.06. The topological polar surface area (TPSA) is 99.8 Å². The Hall–Kier alpha value is -4.07. The number of pyridine rings is 1. The van der Waals surface area contributed by atoms with Crippen molar-refractivity contribution in [3.05, 3.63) is 89.5 Å². The fourth-order valence-electron chi connectivity index (χ4n) is 2.82. The molecule has 0 radical (unpaired) electrons. The molecular formula is C21H16FN5O2. The average Bonchev–Trinajstić information content (AvgIpc) is 3.15. The molecule has 7 nitrogen and oxygen atoms in total. The zero-order valence-electron chi connectivity index (χ0n) is 15.1. The summed E-state index contributed by atoms with van der Waals surface area (Å²) in [5.41, 5.74) is 2.34. The monoisotopic (exact) mass is 389 g/mol. The van der Waals surface area contributed by atoms with Gasteiger partial charge in [0.2, 0.25) is 0 Å². The van der Waals surface area contributed by atoms with Crippen molar-refractivity contribution in [3.63, 3.8) is 0 Å². The number of hydrogen-bond donors (Lipinski definition) is 3. The van der Waals surface area contributed by atoms with Crippen LogP contribution in [0.1, 0.15) is 26.3 Å². The van der Waals surface area contributed by atoms with E-state index in [0.717, 1.165) is 5.56 Å². The van der Waals surface area contributed by atoms with E-state index in [1.54, 1.807) is 30.6 Å². The molecule has 4 aromatic rings. The van der Waals surface area contributed by atoms with Crippen LogP contribution >= 0.6 is 0 Å². The fraction of sp³-hybridized carbons (Fsp3) is 0.0476. The number of carbonyl (C=O) groups is 2. The van der Waals surface area contributed by atoms with Gasteiger partial charge in [-0.2, -0.15) is 5.10 Å². The predicted molar refractivity (Wildman–Crippen MR) is 106 cm³/mol. The lowest BCUT2D eigenvalue weighted by molar-refractivity contribution is 0.0950. The normalized spacial score (nSPS) is 10.7. The Morgan fingerprint density at radius 2 is 1.66 bits per heavy atom. The highest BCUT2D eigenvalue weighted by molar-refractivity contribution is 6.09. The van der Waals surface area contributed by atoms with Crippen molar-refractivity contribution in [1.82, 2.24) is 20.5 Å². The van der Waals surface area contributed by atoms with Crippen molar-refractivity contribution in [2.45, 2.75) is 6.54 Å². The molecule has 144 valence electrons. The molecule has 0 fully saturated rings. The molecule has 0 saturated heterocycles. The summed E-state index contributed by atoms with van der Waals surface area (Å²) in [5.74, 6) is -0.807. The minimum absolute atomic E-state index is 0.249. The number of fused-ring (bicyclic) bond motifs is 1. The number of aromatic nitrogens is 3. The van der Waals surface area contributed by atoms with Gasteiger partial charge in [-0.1, -0.05) is 0 Å². The molecule has 0 atom stereocenters. The van der Waals surface area contributed by atoms with Crippen molar-refractivity contribution in [2.24, 2.45) is 0 Å². The zero-order chi connectivity index (χ0) is 20.2. The van der Waals surface area contributed by atoms with Crippen LogP contribution in [0.25, 0.3) is 10.9 Å². The first-order valence-corrected chi connectivity index (χ1v) is 8.82. The van der Waals surface area contributed by atoms with Crippen LogP contribution in [0, 0.1) is 5.82 Å². The van der Waals surface area contributed by atoms with Crippen LogP contribution in [-0.2, 0) is 6.54 Å². The molecule has 0 aliphatic heterocycles. The summed E-state index contributed by atoms with van der Waals surface area (Å²) in [6.45, 7) is 0.374. The molecule has 2 aromatic heterocycles. The maximum absolute atomic E-state index is 13.0. The molecule has 0 aliphatic carbocycles. The molecule has 0 saturated carbocycles. The van der Waals surface area contributed by atoms with E-state index in [2.05, 4.69) is 25.8 Å². The number of nitrogens with one attached hydrogen (secondary N) is 3. The van der Waals surface area contributed by atoms with Crippen molar-refractivity contribution in [3.8, 4) is 0 Å². The first-order valence-electron chi connectivity index (χ1n) is 8.82. The Labute approximate surface area is 165 Å². The van der Waals surface area contributed by atoms with E-state index >= 15 is 0 Å². The van der Waals surface area contributed by atoms with E-state index in [0.29, 0.717) is 28.6 Å². The second kappa shape index (κ2) is 7.89. The number of rotatable bonds is 5. The van der Waals surface area contributed by atoms with Gasteiger partial charge in [-0.25, -0.2) is 4.39 Å². The van der Waals surface area contributed by atoms with Crippen LogP contribution in [0.2, 0.25) is 0 Å². The molecule has 2 amide bonds. The van der Waals surface area contributed by atoms with E-state index in [-0.39, 0.29) is 11.7 Å². The Balaban J connectivity index is 1.52. The minimum Gasteiger partial charge on any atom is -0.348 e. The van der Waals surface area contributed by atoms with Gasteiger partial charge in [-0.3, -0.25) is 19.7 Å². The molecule has 29 heavy (non-hydrogen) atoms. The number of aromatic amines is 1. The number of carbonyl (C=O) groups excluding carboxylic acids is 2. The van der Waals surface area contributed by atoms with Crippen LogP contribution in [0.5, 0.6) is 0 Å². The SMILES string of the molecule is O=C(NCc1ccncc1)c1ccc2[nH]nc(NC(=O)c3ccc(F)cc3)c2c1. The number of hydrogen-bond acceptors (Lipinski definition) is 4. The van der Waals surface area contributed by atoms with Gasteiger partial charge in [-0.15, -0.1) is 0 Å². The molecule has 0 bridgehead atoms. The van der Waals surface area contributed by atoms with E-state index in [1.807, 2.05) is 12.1 Å². The van der Waals surface area contributed by atoms with Crippen molar-refractivity contribution < 1.29 is 14.0 Å². The van der Waals surface area contributed by atoms with E-state index < -0.39 is 11.7 Å². The maximum Gasteiger partial charge on any atom is 0.256 e. The molecular weight excluding hydrogens is 373 g/mol. The molecule has 4 rings (SSSR count). The standard InChI is InChI=1S/C21H16FN5O2/c22-16-4-1-14(2-5-16)21(29)25-19-17-11-15(3-6-18(17)26-27-19)20(28)24-12-13-7-9-23-10-8-13/h1-11H,12H2,(H,24,28)(H2,25,26,27,29). The van der Waals surface area contributed by atoms with Gasteiger partial charge in [0, 0.05) is 35.5 Å². The van der Waals surface area contributed by atoms with Crippen LogP contribution in [0.4, 0.5) is 10.2 Å². The number of benzene rings is 2. The lowest BCUT2D eigenvalue weighted by Crippen LogP contribution is -2.22. The predicted octanol–water partition coefficient (Wildman–Crippen LogP) is 3.28. The van der Waals surface area contributed by atoms with Crippen molar-refractivity contribution in [1.29, 1.82) is 0 Å². The fourth-order valence-corrected chi connectivity index (χ4v) is 2.82. The number of H-pyrrole nitrogens is 1. The van der Waals surface area contributed by atoms with Gasteiger partial charge in [0.05, 0.1) is 5.52 Å². The van der Waals surface area contributed by atoms with Gasteiger partial charge in [0.15, 0.2) is 5.82 Å². The van der Waals surface area contributed by atoms with E-state index in [1.165, 1.54) is 24.3 Å². The van der Waals surface area contributed by atoms with Crippen LogP contribution < -0.4 is 10.6 Å². The van der Waals surface area contributed by atoms with Crippen molar-refractivity contribution in [2.75, 3.05) is 5.32 Å². The van der Waals surface area contributed by atoms with Crippen molar-refractivity contribution >= 4 is 28.5 Å². The first kappa shape index (κ1) is 18.3. The summed E-state index contributed by atoms with van der Waals surface area (Å²) >= 11 is 0. The molecule has 3 N–H and O–H groups in total. The Morgan fingerprint density at radius 3 is 2.41 bits per heavy atom. The summed E-state index contributed by atoms with van der Waals surface area (Å²) in [6, 6.07) is 13.9. The first-order chi connectivity index (χ1) is 14.1. The number of amides is 2. The molecule has 2 aromatic carbocycles. The molecule has 0 unspecified atom stereocenters. The van der Waals surface area contributed by atoms with Gasteiger partial charge in [-0.05, 0) is 60.2 Å². The average molecular weight is 389 g/mol. The highest BCUT2D eigenvalue weighted by Gasteiger charge is 2.14. The largest absolute Gasteiger partial charge is 0.348 e. The van der Waals surface area contributed by atoms with Gasteiger partial charge < -0.3 is 10.6 Å². The van der Waals surface area contributed by atoms with Gasteiger partial charge in [0.25, 0.3) is 11.8 Å². The second-order valence-corrected chi connectivity index (χ2v) is 6.33. The Kier molecular flexibility index (Phi) is 4.98. The summed E-state index contributed by atoms with van der Waals surface area (Å²) in [7, 11) is 0. The smallest absolute Gasteiger partial charge is 0.256 e. The van der Waals surface area contributed by atoms with Gasteiger partial charge in [0.1, 0.15) is 5.82 Å². The van der Waals surface area contributed by atoms with E-state index in [4.69, 9.17) is 0 Å². The third kappa shape index (κ3) is 4.11. The van der Waals surface area contributed by atoms with Gasteiger partial charge >= 0.3 is 0 Å². The second-order valence-electron chi connectivity index (χ2n) is 6.33. The zero-order valence-corrected chi connectivity index (χ0v) is 15.1. The highest BCUT2D eigenvalue weighted by Crippen LogP contribution is 2.22. The Morgan fingerprint density at radius 1 is 0.931 bits per heavy atom.